The molecule has 0 aliphatic heterocycles. The molecule has 0 saturated heterocycles. The topological polar surface area (TPSA) is 38.3 Å². The van der Waals surface area contributed by atoms with E-state index in [2.05, 4.69) is 4.74 Å². The summed E-state index contributed by atoms with van der Waals surface area (Å²) in [5.74, 6) is -2.61. The van der Waals surface area contributed by atoms with Gasteiger partial charge in [0.1, 0.15) is 5.75 Å². The van der Waals surface area contributed by atoms with E-state index in [4.69, 9.17) is 0 Å². The van der Waals surface area contributed by atoms with Gasteiger partial charge < -0.3 is 10.1 Å². The quantitative estimate of drug-likeness (QED) is 0.869. The number of nitrogens with one attached hydrogen (secondary N) is 1. The number of hydrogen-bond donors (Lipinski definition) is 1. The van der Waals surface area contributed by atoms with Gasteiger partial charge in [0, 0.05) is 5.69 Å². The molecule has 1 aromatic carbocycles. The maximum atomic E-state index is 12.6. The van der Waals surface area contributed by atoms with Gasteiger partial charge >= 0.3 is 12.5 Å². The number of alkyl halides is 7. The van der Waals surface area contributed by atoms with Crippen LogP contribution in [0.4, 0.5) is 36.4 Å². The predicted molar refractivity (Wildman–Crippen MR) is 52.7 cm³/mol. The van der Waals surface area contributed by atoms with Crippen molar-refractivity contribution in [2.75, 3.05) is 5.32 Å². The fraction of sp³-hybridized carbons (Fsp3) is 0.300. The summed E-state index contributed by atoms with van der Waals surface area (Å²) in [5, 5.41) is 1.57. The van der Waals surface area contributed by atoms with Gasteiger partial charge in [0.25, 0.3) is 12.1 Å². The lowest BCUT2D eigenvalue weighted by Crippen LogP contribution is -2.36. The van der Waals surface area contributed by atoms with E-state index < -0.39 is 30.4 Å². The average molecular weight is 305 g/mol. The van der Waals surface area contributed by atoms with Crippen molar-refractivity contribution in [1.29, 1.82) is 0 Å². The Balaban J connectivity index is 2.69. The molecule has 0 radical (unpaired) electrons. The number of hydrogen-bond acceptors (Lipinski definition) is 2. The molecule has 1 aromatic rings. The van der Waals surface area contributed by atoms with Crippen molar-refractivity contribution in [3.05, 3.63) is 24.3 Å². The summed E-state index contributed by atoms with van der Waals surface area (Å²) >= 11 is 0. The van der Waals surface area contributed by atoms with Gasteiger partial charge in [-0.15, -0.1) is 13.2 Å². The number of ether oxygens (including phenoxy) is 1. The fourth-order valence-corrected chi connectivity index (χ4v) is 1.09. The Labute approximate surface area is 107 Å². The summed E-state index contributed by atoms with van der Waals surface area (Å²) in [5.41, 5.74) is -0.309. The molecule has 1 atom stereocenters. The molecule has 1 unspecified atom stereocenters. The lowest BCUT2D eigenvalue weighted by molar-refractivity contribution is -0.274. The molecule has 1 N–H and O–H groups in total. The second-order valence-corrected chi connectivity index (χ2v) is 3.47. The van der Waals surface area contributed by atoms with Gasteiger partial charge in [-0.25, -0.2) is 4.39 Å². The minimum Gasteiger partial charge on any atom is -0.406 e. The third kappa shape index (κ3) is 4.94. The van der Waals surface area contributed by atoms with Gasteiger partial charge in [0.05, 0.1) is 0 Å². The fourth-order valence-electron chi connectivity index (χ4n) is 1.09. The minimum atomic E-state index is -5.36. The number of benzene rings is 1. The molecule has 0 bridgehead atoms. The van der Waals surface area contributed by atoms with Gasteiger partial charge in [0.2, 0.25) is 0 Å². The molecule has 1 rings (SSSR count). The number of halogens is 7. The Kier molecular flexibility index (Phi) is 4.46. The summed E-state index contributed by atoms with van der Waals surface area (Å²) in [6.07, 6.45) is -14.0. The van der Waals surface area contributed by atoms with E-state index in [1.807, 2.05) is 0 Å². The minimum absolute atomic E-state index is 0.309. The Morgan fingerprint density at radius 1 is 1.05 bits per heavy atom. The largest absolute Gasteiger partial charge is 0.573 e. The van der Waals surface area contributed by atoms with Crippen LogP contribution >= 0.6 is 0 Å². The Morgan fingerprint density at radius 3 is 1.95 bits per heavy atom. The number of anilines is 1. The van der Waals surface area contributed by atoms with Crippen LogP contribution in [0.5, 0.6) is 5.75 Å². The Bertz CT molecular complexity index is 466. The molecule has 1 amide bonds. The van der Waals surface area contributed by atoms with Crippen LogP contribution in [0.15, 0.2) is 24.3 Å². The lowest BCUT2D eigenvalue weighted by atomic mass is 10.2. The predicted octanol–water partition coefficient (Wildman–Crippen LogP) is 3.42. The van der Waals surface area contributed by atoms with Crippen molar-refractivity contribution in [2.45, 2.75) is 18.7 Å². The highest BCUT2D eigenvalue weighted by atomic mass is 19.4. The van der Waals surface area contributed by atoms with E-state index >= 15 is 0 Å². The highest BCUT2D eigenvalue weighted by molar-refractivity contribution is 5.94. The molecular weight excluding hydrogens is 299 g/mol. The van der Waals surface area contributed by atoms with Crippen LogP contribution in [0.1, 0.15) is 0 Å². The summed E-state index contributed by atoms with van der Waals surface area (Å²) in [4.78, 5) is 10.9. The van der Waals surface area contributed by atoms with E-state index in [0.717, 1.165) is 24.3 Å². The first-order valence-corrected chi connectivity index (χ1v) is 4.86. The third-order valence-corrected chi connectivity index (χ3v) is 1.87. The molecule has 0 aliphatic rings. The first-order chi connectivity index (χ1) is 8.99. The number of carbonyl (C=O) groups excluding carboxylic acids is 1. The maximum absolute atomic E-state index is 12.6. The first-order valence-electron chi connectivity index (χ1n) is 4.86. The molecule has 0 aliphatic carbocycles. The van der Waals surface area contributed by atoms with Crippen LogP contribution in [0, 0.1) is 0 Å². The zero-order chi connectivity index (χ0) is 15.6. The first kappa shape index (κ1) is 16.1. The van der Waals surface area contributed by atoms with Crippen molar-refractivity contribution in [3.63, 3.8) is 0 Å². The molecule has 20 heavy (non-hydrogen) atoms. The highest BCUT2D eigenvalue weighted by Crippen LogP contribution is 2.26. The molecule has 112 valence electrons. The molecule has 0 heterocycles. The van der Waals surface area contributed by atoms with E-state index in [0.29, 0.717) is 0 Å². The van der Waals surface area contributed by atoms with Crippen LogP contribution in [-0.2, 0) is 4.79 Å². The molecule has 0 saturated carbocycles. The normalized spacial score (nSPS) is 13.8. The smallest absolute Gasteiger partial charge is 0.406 e. The Morgan fingerprint density at radius 2 is 1.55 bits per heavy atom. The van der Waals surface area contributed by atoms with E-state index in [1.165, 1.54) is 0 Å². The second kappa shape index (κ2) is 5.55. The third-order valence-electron chi connectivity index (χ3n) is 1.87. The van der Waals surface area contributed by atoms with Crippen molar-refractivity contribution < 1.29 is 40.3 Å². The molecule has 0 fully saturated rings. The van der Waals surface area contributed by atoms with Gasteiger partial charge in [-0.2, -0.15) is 13.2 Å². The average Bonchev–Trinajstić information content (AvgIpc) is 2.27. The number of amides is 1. The summed E-state index contributed by atoms with van der Waals surface area (Å²) in [7, 11) is 0. The number of carbonyl (C=O) groups is 1. The lowest BCUT2D eigenvalue weighted by Gasteiger charge is -2.13. The van der Waals surface area contributed by atoms with E-state index in [-0.39, 0.29) is 5.69 Å². The van der Waals surface area contributed by atoms with Crippen molar-refractivity contribution in [3.8, 4) is 5.75 Å². The van der Waals surface area contributed by atoms with Crippen LogP contribution in [0.3, 0.4) is 0 Å². The molecule has 0 spiro atoms. The molecule has 3 nitrogen and oxygen atoms in total. The maximum Gasteiger partial charge on any atom is 0.573 e. The number of rotatable bonds is 3. The van der Waals surface area contributed by atoms with Gasteiger partial charge in [-0.1, -0.05) is 0 Å². The molecule has 0 aromatic heterocycles. The van der Waals surface area contributed by atoms with Gasteiger partial charge in [0.15, 0.2) is 0 Å². The van der Waals surface area contributed by atoms with Crippen LogP contribution in [0.2, 0.25) is 0 Å². The van der Waals surface area contributed by atoms with Crippen LogP contribution in [-0.4, -0.2) is 24.6 Å². The standard InChI is InChI=1S/C10H6F7NO2/c11-7(9(12,13)14)8(19)18-5-1-3-6(4-2-5)20-10(15,16)17/h1-4,7H,(H,18,19). The summed E-state index contributed by atoms with van der Waals surface area (Å²) < 4.78 is 87.2. The zero-order valence-corrected chi connectivity index (χ0v) is 9.35. The summed E-state index contributed by atoms with van der Waals surface area (Å²) in [6, 6.07) is 3.18. The van der Waals surface area contributed by atoms with Gasteiger partial charge in [-0.3, -0.25) is 4.79 Å². The van der Waals surface area contributed by atoms with Crippen LogP contribution in [0.25, 0.3) is 0 Å². The molecule has 10 heteroatoms. The second-order valence-electron chi connectivity index (χ2n) is 3.47. The Hall–Kier alpha value is -2.00. The molecular formula is C10H6F7NO2. The summed E-state index contributed by atoms with van der Waals surface area (Å²) in [6.45, 7) is 0. The van der Waals surface area contributed by atoms with Crippen LogP contribution < -0.4 is 10.1 Å². The van der Waals surface area contributed by atoms with Gasteiger partial charge in [-0.05, 0) is 24.3 Å². The SMILES string of the molecule is O=C(Nc1ccc(OC(F)(F)F)cc1)C(F)C(F)(F)F. The zero-order valence-electron chi connectivity index (χ0n) is 9.35. The van der Waals surface area contributed by atoms with Crippen molar-refractivity contribution in [2.24, 2.45) is 0 Å². The van der Waals surface area contributed by atoms with Crippen molar-refractivity contribution >= 4 is 11.6 Å². The monoisotopic (exact) mass is 305 g/mol. The van der Waals surface area contributed by atoms with E-state index in [1.54, 1.807) is 5.32 Å². The highest BCUT2D eigenvalue weighted by Gasteiger charge is 2.45. The van der Waals surface area contributed by atoms with Crippen molar-refractivity contribution in [1.82, 2.24) is 0 Å². The van der Waals surface area contributed by atoms with E-state index in [9.17, 15) is 35.5 Å².